The molecule has 25 heavy (non-hydrogen) atoms. The van der Waals surface area contributed by atoms with Crippen LogP contribution in [-0.4, -0.2) is 65.8 Å². The van der Waals surface area contributed by atoms with E-state index in [1.807, 2.05) is 39.9 Å². The van der Waals surface area contributed by atoms with Crippen molar-refractivity contribution in [3.63, 3.8) is 0 Å². The molecule has 1 saturated heterocycles. The number of likely N-dealkylation sites (N-methyl/N-ethyl adjacent to an activating group) is 1. The molecule has 0 spiro atoms. The summed E-state index contributed by atoms with van der Waals surface area (Å²) in [5.41, 5.74) is 2.67. The highest BCUT2D eigenvalue weighted by Crippen LogP contribution is 2.41. The number of hydrogen-bond acceptors (Lipinski definition) is 4. The van der Waals surface area contributed by atoms with Crippen molar-refractivity contribution >= 4 is 5.91 Å². The Balaban J connectivity index is 1.62. The second kappa shape index (κ2) is 6.52. The van der Waals surface area contributed by atoms with Gasteiger partial charge in [-0.25, -0.2) is 4.68 Å². The van der Waals surface area contributed by atoms with Crippen molar-refractivity contribution in [1.29, 1.82) is 0 Å². The summed E-state index contributed by atoms with van der Waals surface area (Å²) in [7, 11) is 3.75. The zero-order valence-corrected chi connectivity index (χ0v) is 14.8. The number of amides is 1. The van der Waals surface area contributed by atoms with E-state index in [1.54, 1.807) is 7.11 Å². The fourth-order valence-electron chi connectivity index (χ4n) is 3.27. The highest BCUT2D eigenvalue weighted by Gasteiger charge is 2.31. The lowest BCUT2D eigenvalue weighted by molar-refractivity contribution is 0.0657. The standard InChI is InChI=1S/C19H24N4O2/c1-21-9-11-22(12-10-21)19(24)17-13-18(14-3-4-14)23(20-17)15-5-7-16(25-2)8-6-15/h5-8,13-14H,3-4,9-12H2,1-2H3. The summed E-state index contributed by atoms with van der Waals surface area (Å²) in [6, 6.07) is 9.82. The van der Waals surface area contributed by atoms with Gasteiger partial charge in [0.15, 0.2) is 5.69 Å². The number of carbonyl (C=O) groups excluding carboxylic acids is 1. The Kier molecular flexibility index (Phi) is 4.21. The van der Waals surface area contributed by atoms with Gasteiger partial charge in [0, 0.05) is 37.8 Å². The lowest BCUT2D eigenvalue weighted by Gasteiger charge is -2.31. The number of ether oxygens (including phenoxy) is 1. The Bertz CT molecular complexity index is 756. The number of aromatic nitrogens is 2. The Morgan fingerprint density at radius 2 is 1.80 bits per heavy atom. The molecule has 1 saturated carbocycles. The van der Waals surface area contributed by atoms with Gasteiger partial charge in [0.2, 0.25) is 0 Å². The molecule has 1 aliphatic heterocycles. The molecule has 6 nitrogen and oxygen atoms in total. The van der Waals surface area contributed by atoms with Crippen LogP contribution in [0.1, 0.15) is 34.9 Å². The van der Waals surface area contributed by atoms with E-state index in [0.717, 1.165) is 43.3 Å². The first kappa shape index (κ1) is 16.1. The van der Waals surface area contributed by atoms with Crippen LogP contribution in [-0.2, 0) is 0 Å². The molecule has 1 aromatic heterocycles. The second-order valence-corrected chi connectivity index (χ2v) is 6.93. The summed E-state index contributed by atoms with van der Waals surface area (Å²) in [5, 5.41) is 4.66. The van der Waals surface area contributed by atoms with E-state index in [0.29, 0.717) is 11.6 Å². The van der Waals surface area contributed by atoms with Gasteiger partial charge < -0.3 is 14.5 Å². The Morgan fingerprint density at radius 3 is 2.40 bits per heavy atom. The molecule has 0 unspecified atom stereocenters. The van der Waals surface area contributed by atoms with Gasteiger partial charge in [-0.15, -0.1) is 0 Å². The van der Waals surface area contributed by atoms with Gasteiger partial charge in [-0.05, 0) is 50.2 Å². The van der Waals surface area contributed by atoms with Crippen LogP contribution in [0.4, 0.5) is 0 Å². The van der Waals surface area contributed by atoms with Gasteiger partial charge in [-0.2, -0.15) is 5.10 Å². The molecule has 2 aliphatic rings. The monoisotopic (exact) mass is 340 g/mol. The molecule has 0 atom stereocenters. The number of carbonyl (C=O) groups is 1. The van der Waals surface area contributed by atoms with E-state index in [1.165, 1.54) is 12.8 Å². The average molecular weight is 340 g/mol. The first-order valence-electron chi connectivity index (χ1n) is 8.88. The molecule has 1 aliphatic carbocycles. The molecule has 6 heteroatoms. The molecular formula is C19H24N4O2. The van der Waals surface area contributed by atoms with Crippen LogP contribution in [0.3, 0.4) is 0 Å². The largest absolute Gasteiger partial charge is 0.497 e. The maximum absolute atomic E-state index is 12.9. The fourth-order valence-corrected chi connectivity index (χ4v) is 3.27. The molecule has 0 N–H and O–H groups in total. The van der Waals surface area contributed by atoms with Crippen LogP contribution >= 0.6 is 0 Å². The van der Waals surface area contributed by atoms with Gasteiger partial charge >= 0.3 is 0 Å². The Labute approximate surface area is 148 Å². The van der Waals surface area contributed by atoms with Gasteiger partial charge in [0.1, 0.15) is 5.75 Å². The van der Waals surface area contributed by atoms with Crippen LogP contribution < -0.4 is 4.74 Å². The molecule has 1 amide bonds. The van der Waals surface area contributed by atoms with Crippen molar-refractivity contribution in [2.75, 3.05) is 40.3 Å². The van der Waals surface area contributed by atoms with Crippen molar-refractivity contribution < 1.29 is 9.53 Å². The first-order chi connectivity index (χ1) is 12.2. The van der Waals surface area contributed by atoms with Crippen LogP contribution in [0.2, 0.25) is 0 Å². The third kappa shape index (κ3) is 3.26. The number of methoxy groups -OCH3 is 1. The molecular weight excluding hydrogens is 316 g/mol. The molecule has 2 aromatic rings. The van der Waals surface area contributed by atoms with Crippen LogP contribution in [0.5, 0.6) is 5.75 Å². The van der Waals surface area contributed by atoms with Gasteiger partial charge in [-0.3, -0.25) is 4.79 Å². The van der Waals surface area contributed by atoms with E-state index in [2.05, 4.69) is 17.0 Å². The van der Waals surface area contributed by atoms with Crippen molar-refractivity contribution in [1.82, 2.24) is 19.6 Å². The van der Waals surface area contributed by atoms with E-state index < -0.39 is 0 Å². The highest BCUT2D eigenvalue weighted by molar-refractivity contribution is 5.92. The SMILES string of the molecule is COc1ccc(-n2nc(C(=O)N3CCN(C)CC3)cc2C2CC2)cc1. The maximum atomic E-state index is 12.9. The zero-order valence-electron chi connectivity index (χ0n) is 14.8. The van der Waals surface area contributed by atoms with E-state index >= 15 is 0 Å². The van der Waals surface area contributed by atoms with Gasteiger partial charge in [0.05, 0.1) is 12.8 Å². The fraction of sp³-hybridized carbons (Fsp3) is 0.474. The zero-order chi connectivity index (χ0) is 17.4. The van der Waals surface area contributed by atoms with E-state index in [4.69, 9.17) is 4.74 Å². The highest BCUT2D eigenvalue weighted by atomic mass is 16.5. The third-order valence-electron chi connectivity index (χ3n) is 5.06. The molecule has 132 valence electrons. The number of benzene rings is 1. The molecule has 2 heterocycles. The summed E-state index contributed by atoms with van der Waals surface area (Å²) in [6.45, 7) is 3.37. The Morgan fingerprint density at radius 1 is 1.12 bits per heavy atom. The normalized spacial score (nSPS) is 18.4. The van der Waals surface area contributed by atoms with E-state index in [-0.39, 0.29) is 5.91 Å². The smallest absolute Gasteiger partial charge is 0.274 e. The minimum absolute atomic E-state index is 0.0438. The lowest BCUT2D eigenvalue weighted by Crippen LogP contribution is -2.47. The molecule has 4 rings (SSSR count). The predicted octanol–water partition coefficient (Wildman–Crippen LogP) is 2.15. The average Bonchev–Trinajstić information content (AvgIpc) is 3.40. The molecule has 0 bridgehead atoms. The third-order valence-corrected chi connectivity index (χ3v) is 5.06. The molecule has 0 radical (unpaired) electrons. The minimum Gasteiger partial charge on any atom is -0.497 e. The summed E-state index contributed by atoms with van der Waals surface area (Å²) < 4.78 is 7.16. The second-order valence-electron chi connectivity index (χ2n) is 6.93. The van der Waals surface area contributed by atoms with Crippen molar-refractivity contribution in [2.24, 2.45) is 0 Å². The number of hydrogen-bond donors (Lipinski definition) is 0. The first-order valence-corrected chi connectivity index (χ1v) is 8.88. The topological polar surface area (TPSA) is 50.6 Å². The lowest BCUT2D eigenvalue weighted by atomic mass is 10.2. The van der Waals surface area contributed by atoms with Crippen molar-refractivity contribution in [3.05, 3.63) is 41.7 Å². The number of rotatable bonds is 4. The minimum atomic E-state index is 0.0438. The van der Waals surface area contributed by atoms with Crippen LogP contribution in [0.25, 0.3) is 5.69 Å². The quantitative estimate of drug-likeness (QED) is 0.856. The summed E-state index contributed by atoms with van der Waals surface area (Å²) in [4.78, 5) is 17.0. The molecule has 1 aromatic carbocycles. The summed E-state index contributed by atoms with van der Waals surface area (Å²) in [6.07, 6.45) is 2.34. The summed E-state index contributed by atoms with van der Waals surface area (Å²) in [5.74, 6) is 1.38. The maximum Gasteiger partial charge on any atom is 0.274 e. The number of nitrogens with zero attached hydrogens (tertiary/aromatic N) is 4. The van der Waals surface area contributed by atoms with Crippen LogP contribution in [0.15, 0.2) is 30.3 Å². The van der Waals surface area contributed by atoms with Gasteiger partial charge in [0.25, 0.3) is 5.91 Å². The Hall–Kier alpha value is -2.34. The summed E-state index contributed by atoms with van der Waals surface area (Å²) >= 11 is 0. The van der Waals surface area contributed by atoms with Crippen LogP contribution in [0, 0.1) is 0 Å². The van der Waals surface area contributed by atoms with Crippen molar-refractivity contribution in [3.8, 4) is 11.4 Å². The van der Waals surface area contributed by atoms with Crippen molar-refractivity contribution in [2.45, 2.75) is 18.8 Å². The number of piperazine rings is 1. The predicted molar refractivity (Wildman–Crippen MR) is 95.5 cm³/mol. The van der Waals surface area contributed by atoms with E-state index in [9.17, 15) is 4.79 Å². The molecule has 2 fully saturated rings. The van der Waals surface area contributed by atoms with Gasteiger partial charge in [-0.1, -0.05) is 0 Å².